The Hall–Kier alpha value is -0.150. The fourth-order valence-electron chi connectivity index (χ4n) is 0.863. The topological polar surface area (TPSA) is 35.2 Å². The van der Waals surface area contributed by atoms with E-state index >= 15 is 0 Å². The minimum Gasteiger partial charge on any atom is -0.391 e. The third-order valence-corrected chi connectivity index (χ3v) is 2.18. The van der Waals surface area contributed by atoms with Gasteiger partial charge in [-0.15, -0.1) is 0 Å². The van der Waals surface area contributed by atoms with Gasteiger partial charge in [0.1, 0.15) is 11.1 Å². The maximum Gasteiger partial charge on any atom is 0.105 e. The van der Waals surface area contributed by atoms with E-state index in [-0.39, 0.29) is 6.10 Å². The Kier molecular flexibility index (Phi) is 2.63. The molecule has 1 aliphatic carbocycles. The highest BCUT2D eigenvalue weighted by molar-refractivity contribution is 7.80. The Balaban J connectivity index is 2.16. The number of nitrogens with two attached hydrogens (primary N) is 1. The zero-order chi connectivity index (χ0) is 7.56. The van der Waals surface area contributed by atoms with E-state index in [9.17, 15) is 0 Å². The van der Waals surface area contributed by atoms with Crippen molar-refractivity contribution in [2.45, 2.75) is 38.4 Å². The molecule has 0 spiro atoms. The van der Waals surface area contributed by atoms with Crippen LogP contribution in [-0.4, -0.2) is 17.2 Å². The van der Waals surface area contributed by atoms with Crippen LogP contribution in [0.3, 0.4) is 0 Å². The summed E-state index contributed by atoms with van der Waals surface area (Å²) < 4.78 is 5.48. The molecule has 0 aromatic heterocycles. The van der Waals surface area contributed by atoms with Crippen LogP contribution in [0.25, 0.3) is 0 Å². The first-order chi connectivity index (χ1) is 4.70. The molecule has 1 fully saturated rings. The summed E-state index contributed by atoms with van der Waals surface area (Å²) in [5.74, 6) is 0. The molecule has 0 radical (unpaired) electrons. The average Bonchev–Trinajstić information content (AvgIpc) is 1.77. The Labute approximate surface area is 66.7 Å². The lowest BCUT2D eigenvalue weighted by Crippen LogP contribution is -2.33. The quantitative estimate of drug-likeness (QED) is 0.629. The molecule has 0 bridgehead atoms. The van der Waals surface area contributed by atoms with Crippen LogP contribution in [0.5, 0.6) is 0 Å². The molecule has 0 aliphatic heterocycles. The second-order valence-corrected chi connectivity index (χ2v) is 3.20. The highest BCUT2D eigenvalue weighted by atomic mass is 32.1. The van der Waals surface area contributed by atoms with E-state index in [1.54, 1.807) is 0 Å². The maximum atomic E-state index is 5.48. The minimum atomic E-state index is -0.0414. The predicted octanol–water partition coefficient (Wildman–Crippen LogP) is 1.23. The number of hydrogen-bond donors (Lipinski definition) is 1. The van der Waals surface area contributed by atoms with Gasteiger partial charge in [-0.3, -0.25) is 0 Å². The first-order valence-corrected chi connectivity index (χ1v) is 4.05. The molecule has 2 nitrogen and oxygen atoms in total. The molecule has 0 aromatic rings. The van der Waals surface area contributed by atoms with Gasteiger partial charge in [0.2, 0.25) is 0 Å². The van der Waals surface area contributed by atoms with E-state index in [4.69, 9.17) is 22.7 Å². The Morgan fingerprint density at radius 1 is 1.70 bits per heavy atom. The van der Waals surface area contributed by atoms with Gasteiger partial charge in [0, 0.05) is 0 Å². The van der Waals surface area contributed by atoms with Crippen molar-refractivity contribution in [3.05, 3.63) is 0 Å². The first-order valence-electron chi connectivity index (χ1n) is 3.65. The van der Waals surface area contributed by atoms with Crippen molar-refractivity contribution >= 4 is 17.2 Å². The summed E-state index contributed by atoms with van der Waals surface area (Å²) in [7, 11) is 0. The molecule has 1 unspecified atom stereocenters. The second kappa shape index (κ2) is 3.30. The fourth-order valence-corrected chi connectivity index (χ4v) is 0.918. The number of thiocarbonyl (C=S) groups is 1. The van der Waals surface area contributed by atoms with Gasteiger partial charge in [0.05, 0.1) is 6.10 Å². The zero-order valence-electron chi connectivity index (χ0n) is 6.17. The number of hydrogen-bond acceptors (Lipinski definition) is 2. The summed E-state index contributed by atoms with van der Waals surface area (Å²) in [5.41, 5.74) is 5.37. The lowest BCUT2D eigenvalue weighted by Gasteiger charge is -2.28. The van der Waals surface area contributed by atoms with Crippen molar-refractivity contribution < 1.29 is 4.74 Å². The molecule has 1 aliphatic rings. The molecule has 0 amide bonds. The van der Waals surface area contributed by atoms with Gasteiger partial charge in [-0.05, 0) is 26.2 Å². The van der Waals surface area contributed by atoms with E-state index in [0.717, 1.165) is 0 Å². The van der Waals surface area contributed by atoms with Crippen LogP contribution >= 0.6 is 12.2 Å². The summed E-state index contributed by atoms with van der Waals surface area (Å²) in [4.78, 5) is 0.465. The molecule has 58 valence electrons. The summed E-state index contributed by atoms with van der Waals surface area (Å²) in [6.45, 7) is 1.90. The summed E-state index contributed by atoms with van der Waals surface area (Å²) in [6, 6.07) is 0. The standard InChI is InChI=1S/C7H13NOS/c1-5(7(8)10)9-6-3-2-4-6/h5-6H,2-4H2,1H3,(H2,8,10). The highest BCUT2D eigenvalue weighted by Gasteiger charge is 2.21. The molecule has 10 heavy (non-hydrogen) atoms. The molecular formula is C7H13NOS. The van der Waals surface area contributed by atoms with Crippen molar-refractivity contribution in [2.75, 3.05) is 0 Å². The molecule has 0 aromatic carbocycles. The van der Waals surface area contributed by atoms with Gasteiger partial charge in [-0.2, -0.15) is 0 Å². The van der Waals surface area contributed by atoms with Crippen LogP contribution in [0.15, 0.2) is 0 Å². The SMILES string of the molecule is CC(OC1CCC1)C(N)=S. The van der Waals surface area contributed by atoms with Gasteiger partial charge < -0.3 is 10.5 Å². The molecule has 2 N–H and O–H groups in total. The summed E-state index contributed by atoms with van der Waals surface area (Å²) in [5, 5.41) is 0. The summed E-state index contributed by atoms with van der Waals surface area (Å²) in [6.07, 6.45) is 4.02. The second-order valence-electron chi connectivity index (χ2n) is 2.73. The van der Waals surface area contributed by atoms with E-state index < -0.39 is 0 Å². The van der Waals surface area contributed by atoms with Crippen molar-refractivity contribution in [3.8, 4) is 0 Å². The third-order valence-electron chi connectivity index (χ3n) is 1.85. The van der Waals surface area contributed by atoms with E-state index in [1.807, 2.05) is 6.92 Å². The van der Waals surface area contributed by atoms with Crippen molar-refractivity contribution in [2.24, 2.45) is 5.73 Å². The van der Waals surface area contributed by atoms with Crippen LogP contribution in [0.1, 0.15) is 26.2 Å². The molecular weight excluding hydrogens is 146 g/mol. The van der Waals surface area contributed by atoms with Gasteiger partial charge in [-0.25, -0.2) is 0 Å². The maximum absolute atomic E-state index is 5.48. The van der Waals surface area contributed by atoms with Crippen molar-refractivity contribution in [1.29, 1.82) is 0 Å². The van der Waals surface area contributed by atoms with Crippen LogP contribution < -0.4 is 5.73 Å². The molecule has 0 saturated heterocycles. The van der Waals surface area contributed by atoms with Gasteiger partial charge in [0.15, 0.2) is 0 Å². The van der Waals surface area contributed by atoms with Gasteiger partial charge >= 0.3 is 0 Å². The lowest BCUT2D eigenvalue weighted by molar-refractivity contribution is -0.0143. The monoisotopic (exact) mass is 159 g/mol. The minimum absolute atomic E-state index is 0.0414. The van der Waals surface area contributed by atoms with Crippen molar-refractivity contribution in [1.82, 2.24) is 0 Å². The Morgan fingerprint density at radius 3 is 2.60 bits per heavy atom. The predicted molar refractivity (Wildman–Crippen MR) is 45.0 cm³/mol. The smallest absolute Gasteiger partial charge is 0.105 e. The molecule has 3 heteroatoms. The van der Waals surface area contributed by atoms with Crippen molar-refractivity contribution in [3.63, 3.8) is 0 Å². The largest absolute Gasteiger partial charge is 0.391 e. The summed E-state index contributed by atoms with van der Waals surface area (Å²) >= 11 is 4.76. The molecule has 1 saturated carbocycles. The van der Waals surface area contributed by atoms with Gasteiger partial charge in [0.25, 0.3) is 0 Å². The molecule has 1 rings (SSSR count). The highest BCUT2D eigenvalue weighted by Crippen LogP contribution is 2.23. The Bertz CT molecular complexity index is 134. The van der Waals surface area contributed by atoms with Crippen LogP contribution in [0.4, 0.5) is 0 Å². The Morgan fingerprint density at radius 2 is 2.30 bits per heavy atom. The third kappa shape index (κ3) is 1.92. The first kappa shape index (κ1) is 7.95. The van der Waals surface area contributed by atoms with E-state index in [2.05, 4.69) is 0 Å². The van der Waals surface area contributed by atoms with E-state index in [0.29, 0.717) is 11.1 Å². The normalized spacial score (nSPS) is 21.7. The number of ether oxygens (including phenoxy) is 1. The lowest BCUT2D eigenvalue weighted by atomic mass is 9.96. The molecule has 0 heterocycles. The zero-order valence-corrected chi connectivity index (χ0v) is 6.99. The van der Waals surface area contributed by atoms with Crippen LogP contribution in [0.2, 0.25) is 0 Å². The van der Waals surface area contributed by atoms with E-state index in [1.165, 1.54) is 19.3 Å². The van der Waals surface area contributed by atoms with Gasteiger partial charge in [-0.1, -0.05) is 12.2 Å². The molecule has 1 atom stereocenters. The van der Waals surface area contributed by atoms with Crippen LogP contribution in [0, 0.1) is 0 Å². The number of rotatable bonds is 3. The van der Waals surface area contributed by atoms with Crippen LogP contribution in [-0.2, 0) is 4.74 Å². The average molecular weight is 159 g/mol. The fraction of sp³-hybridized carbons (Fsp3) is 0.857.